The van der Waals surface area contributed by atoms with Crippen LogP contribution in [-0.2, 0) is 24.2 Å². The summed E-state index contributed by atoms with van der Waals surface area (Å²) in [5, 5.41) is 1.49. The molecule has 0 bridgehead atoms. The van der Waals surface area contributed by atoms with Crippen LogP contribution in [0.5, 0.6) is 0 Å². The van der Waals surface area contributed by atoms with E-state index in [0.717, 1.165) is 23.6 Å². The van der Waals surface area contributed by atoms with Crippen molar-refractivity contribution in [3.8, 4) is 0 Å². The molecule has 30 heavy (non-hydrogen) atoms. The summed E-state index contributed by atoms with van der Waals surface area (Å²) in [6.07, 6.45) is 5.29. The van der Waals surface area contributed by atoms with Crippen molar-refractivity contribution >= 4 is 22.6 Å². The van der Waals surface area contributed by atoms with E-state index in [1.807, 2.05) is 24.6 Å². The van der Waals surface area contributed by atoms with Crippen molar-refractivity contribution in [3.05, 3.63) is 69.6 Å². The molecule has 7 heteroatoms. The number of likely N-dealkylation sites (N-methyl/N-ethyl adjacent to an activating group) is 1. The zero-order valence-corrected chi connectivity index (χ0v) is 17.8. The molecule has 4 rings (SSSR count). The fourth-order valence-electron chi connectivity index (χ4n) is 4.12. The van der Waals surface area contributed by atoms with Crippen LogP contribution in [0.1, 0.15) is 28.4 Å². The summed E-state index contributed by atoms with van der Waals surface area (Å²) in [7, 11) is 4.92. The van der Waals surface area contributed by atoms with Gasteiger partial charge in [-0.1, -0.05) is 24.3 Å². The van der Waals surface area contributed by atoms with E-state index in [4.69, 9.17) is 4.84 Å². The molecule has 0 atom stereocenters. The molecule has 7 nitrogen and oxygen atoms in total. The van der Waals surface area contributed by atoms with E-state index < -0.39 is 5.91 Å². The van der Waals surface area contributed by atoms with Crippen LogP contribution in [0.3, 0.4) is 0 Å². The summed E-state index contributed by atoms with van der Waals surface area (Å²) in [6.45, 7) is 2.55. The number of pyridine rings is 2. The number of amides is 1. The number of rotatable bonds is 5. The summed E-state index contributed by atoms with van der Waals surface area (Å²) in [4.78, 5) is 37.5. The Kier molecular flexibility index (Phi) is 5.30. The minimum Gasteiger partial charge on any atom is -0.370 e. The first-order chi connectivity index (χ1) is 14.4. The zero-order chi connectivity index (χ0) is 21.4. The number of aryl methyl sites for hydroxylation is 1. The number of nitrogens with zero attached hydrogens (tertiary/aromatic N) is 4. The predicted octanol–water partition coefficient (Wildman–Crippen LogP) is 2.65. The van der Waals surface area contributed by atoms with Gasteiger partial charge in [0.1, 0.15) is 11.2 Å². The van der Waals surface area contributed by atoms with Gasteiger partial charge in [0.15, 0.2) is 0 Å². The normalized spacial score (nSPS) is 13.5. The van der Waals surface area contributed by atoms with Crippen LogP contribution in [-0.4, -0.2) is 47.8 Å². The highest BCUT2D eigenvalue weighted by molar-refractivity contribution is 5.96. The van der Waals surface area contributed by atoms with Crippen molar-refractivity contribution in [1.82, 2.24) is 14.6 Å². The van der Waals surface area contributed by atoms with E-state index in [0.29, 0.717) is 23.6 Å². The van der Waals surface area contributed by atoms with Gasteiger partial charge in [0, 0.05) is 32.9 Å². The Morgan fingerprint density at radius 3 is 2.50 bits per heavy atom. The number of carbonyl (C=O) groups excluding carboxylic acids is 1. The van der Waals surface area contributed by atoms with Gasteiger partial charge in [-0.3, -0.25) is 14.4 Å². The van der Waals surface area contributed by atoms with Crippen molar-refractivity contribution < 1.29 is 9.63 Å². The fourth-order valence-corrected chi connectivity index (χ4v) is 4.12. The molecular weight excluding hydrogens is 380 g/mol. The Hall–Kier alpha value is -3.19. The third-order valence-corrected chi connectivity index (χ3v) is 6.01. The fraction of sp³-hybridized carbons (Fsp3) is 0.348. The van der Waals surface area contributed by atoms with E-state index in [1.165, 1.54) is 25.3 Å². The summed E-state index contributed by atoms with van der Waals surface area (Å²) >= 11 is 0. The third kappa shape index (κ3) is 3.35. The molecule has 1 amide bonds. The van der Waals surface area contributed by atoms with Gasteiger partial charge in [-0.15, -0.1) is 0 Å². The van der Waals surface area contributed by atoms with E-state index in [1.54, 1.807) is 12.4 Å². The van der Waals surface area contributed by atoms with Crippen molar-refractivity contribution in [1.29, 1.82) is 0 Å². The Balaban J connectivity index is 1.75. The highest BCUT2D eigenvalue weighted by Crippen LogP contribution is 2.28. The van der Waals surface area contributed by atoms with Crippen molar-refractivity contribution in [2.24, 2.45) is 0 Å². The minimum absolute atomic E-state index is 0.0728. The van der Waals surface area contributed by atoms with Crippen LogP contribution < -0.4 is 10.3 Å². The van der Waals surface area contributed by atoms with Crippen LogP contribution in [0, 0.1) is 0 Å². The largest absolute Gasteiger partial charge is 0.370 e. The molecule has 3 aromatic rings. The summed E-state index contributed by atoms with van der Waals surface area (Å²) < 4.78 is 1.82. The summed E-state index contributed by atoms with van der Waals surface area (Å²) in [5.41, 5.74) is 3.92. The average molecular weight is 406 g/mol. The van der Waals surface area contributed by atoms with Gasteiger partial charge < -0.3 is 9.47 Å². The molecule has 1 aliphatic carbocycles. The first kappa shape index (κ1) is 20.1. The lowest BCUT2D eigenvalue weighted by molar-refractivity contribution is -0.0758. The number of hydrogen-bond acceptors (Lipinski definition) is 5. The van der Waals surface area contributed by atoms with Gasteiger partial charge in [-0.05, 0) is 37.0 Å². The van der Waals surface area contributed by atoms with Crippen LogP contribution in [0.25, 0.3) is 11.0 Å². The number of benzene rings is 1. The van der Waals surface area contributed by atoms with Gasteiger partial charge in [0.2, 0.25) is 5.43 Å². The number of aromatic nitrogens is 2. The first-order valence-electron chi connectivity index (χ1n) is 10.1. The van der Waals surface area contributed by atoms with Gasteiger partial charge in [0.25, 0.3) is 5.91 Å². The quantitative estimate of drug-likeness (QED) is 0.610. The molecule has 0 aliphatic heterocycles. The van der Waals surface area contributed by atoms with Crippen molar-refractivity contribution in [3.63, 3.8) is 0 Å². The van der Waals surface area contributed by atoms with Gasteiger partial charge >= 0.3 is 0 Å². The lowest BCUT2D eigenvalue weighted by atomic mass is 10.1. The second-order valence-corrected chi connectivity index (χ2v) is 7.65. The summed E-state index contributed by atoms with van der Waals surface area (Å²) in [5.74, 6) is -0.475. The van der Waals surface area contributed by atoms with E-state index in [9.17, 15) is 9.59 Å². The lowest BCUT2D eigenvalue weighted by Crippen LogP contribution is -2.33. The van der Waals surface area contributed by atoms with Crippen molar-refractivity contribution in [2.75, 3.05) is 26.1 Å². The Bertz CT molecular complexity index is 1150. The molecule has 0 saturated heterocycles. The number of carbonyl (C=O) groups is 1. The molecule has 1 aliphatic rings. The van der Waals surface area contributed by atoms with Gasteiger partial charge in [-0.25, -0.2) is 10.0 Å². The van der Waals surface area contributed by atoms with E-state index in [-0.39, 0.29) is 11.0 Å². The Morgan fingerprint density at radius 1 is 1.23 bits per heavy atom. The Morgan fingerprint density at radius 2 is 1.90 bits per heavy atom. The molecule has 0 fully saturated rings. The zero-order valence-electron chi connectivity index (χ0n) is 17.8. The average Bonchev–Trinajstić information content (AvgIpc) is 3.22. The second kappa shape index (κ2) is 7.91. The Labute approximate surface area is 175 Å². The molecule has 0 N–H and O–H groups in total. The van der Waals surface area contributed by atoms with Gasteiger partial charge in [-0.2, -0.15) is 0 Å². The highest BCUT2D eigenvalue weighted by Gasteiger charge is 2.26. The van der Waals surface area contributed by atoms with E-state index in [2.05, 4.69) is 34.1 Å². The van der Waals surface area contributed by atoms with E-state index >= 15 is 0 Å². The SMILES string of the molecule is CCn1cc(C(=O)N(C)OC)c(=O)c2cc(N(C)C3Cc4ccccc4C3)cnc21. The smallest absolute Gasteiger partial charge is 0.282 e. The molecule has 0 saturated carbocycles. The number of anilines is 1. The number of hydroxylamine groups is 2. The number of hydrogen-bond donors (Lipinski definition) is 0. The standard InChI is InChI=1S/C23H26N4O3/c1-5-27-14-20(23(29)26(3)30-4)21(28)19-12-18(13-24-22(19)27)25(2)17-10-15-8-6-7-9-16(15)11-17/h6-9,12-14,17H,5,10-11H2,1-4H3. The maximum absolute atomic E-state index is 13.2. The first-order valence-corrected chi connectivity index (χ1v) is 10.1. The summed E-state index contributed by atoms with van der Waals surface area (Å²) in [6, 6.07) is 10.6. The lowest BCUT2D eigenvalue weighted by Gasteiger charge is -2.26. The molecule has 1 aromatic carbocycles. The van der Waals surface area contributed by atoms with Crippen molar-refractivity contribution in [2.45, 2.75) is 32.4 Å². The number of fused-ring (bicyclic) bond motifs is 2. The molecule has 156 valence electrons. The monoisotopic (exact) mass is 406 g/mol. The predicted molar refractivity (Wildman–Crippen MR) is 117 cm³/mol. The maximum Gasteiger partial charge on any atom is 0.282 e. The molecule has 0 radical (unpaired) electrons. The second-order valence-electron chi connectivity index (χ2n) is 7.65. The van der Waals surface area contributed by atoms with Gasteiger partial charge in [0.05, 0.1) is 24.4 Å². The highest BCUT2D eigenvalue weighted by atomic mass is 16.7. The van der Waals surface area contributed by atoms with Crippen LogP contribution in [0.15, 0.2) is 47.5 Å². The van der Waals surface area contributed by atoms with Crippen LogP contribution >= 0.6 is 0 Å². The van der Waals surface area contributed by atoms with Crippen LogP contribution in [0.4, 0.5) is 5.69 Å². The molecule has 0 unspecified atom stereocenters. The topological polar surface area (TPSA) is 67.7 Å². The maximum atomic E-state index is 13.2. The minimum atomic E-state index is -0.475. The molecule has 2 aromatic heterocycles. The van der Waals surface area contributed by atoms with Crippen LogP contribution in [0.2, 0.25) is 0 Å². The molecule has 0 spiro atoms. The third-order valence-electron chi connectivity index (χ3n) is 6.01. The molecular formula is C23H26N4O3. The molecule has 2 heterocycles.